The van der Waals surface area contributed by atoms with Gasteiger partial charge in [0, 0.05) is 43.6 Å². The lowest BCUT2D eigenvalue weighted by Crippen LogP contribution is -2.49. The fourth-order valence-electron chi connectivity index (χ4n) is 4.49. The number of pyridine rings is 1. The van der Waals surface area contributed by atoms with Gasteiger partial charge in [-0.25, -0.2) is 9.78 Å². The Bertz CT molecular complexity index is 1000. The SMILES string of the molecule is Cc1cnc(N2CCN(C(=O)c3ccc(N4C(=O)OC[C@H]4C)cc3)CC2)c(C2CC2)c1.Cl. The van der Waals surface area contributed by atoms with Gasteiger partial charge in [0.15, 0.2) is 0 Å². The molecule has 32 heavy (non-hydrogen) atoms. The summed E-state index contributed by atoms with van der Waals surface area (Å²) in [5.41, 5.74) is 3.98. The Morgan fingerprint density at radius 1 is 1.09 bits per heavy atom. The van der Waals surface area contributed by atoms with E-state index in [0.29, 0.717) is 31.2 Å². The number of hydrogen-bond acceptors (Lipinski definition) is 5. The van der Waals surface area contributed by atoms with Crippen LogP contribution in [0.15, 0.2) is 36.5 Å². The van der Waals surface area contributed by atoms with Crippen LogP contribution in [-0.2, 0) is 4.74 Å². The number of carbonyl (C=O) groups excluding carboxylic acids is 2. The summed E-state index contributed by atoms with van der Waals surface area (Å²) in [5.74, 6) is 1.77. The van der Waals surface area contributed by atoms with Crippen LogP contribution in [0.25, 0.3) is 0 Å². The molecule has 1 aromatic carbocycles. The number of benzene rings is 1. The van der Waals surface area contributed by atoms with Gasteiger partial charge in [-0.15, -0.1) is 12.4 Å². The first-order valence-electron chi connectivity index (χ1n) is 11.1. The van der Waals surface area contributed by atoms with Gasteiger partial charge in [0.05, 0.1) is 6.04 Å². The second-order valence-electron chi connectivity index (χ2n) is 8.82. The number of ether oxygens (including phenoxy) is 1. The lowest BCUT2D eigenvalue weighted by atomic mass is 10.1. The number of anilines is 2. The highest BCUT2D eigenvalue weighted by Crippen LogP contribution is 2.44. The number of amides is 2. The predicted octanol–water partition coefficient (Wildman–Crippen LogP) is 4.00. The van der Waals surface area contributed by atoms with E-state index in [1.54, 1.807) is 17.0 Å². The van der Waals surface area contributed by atoms with Crippen molar-refractivity contribution in [1.82, 2.24) is 9.88 Å². The fourth-order valence-corrected chi connectivity index (χ4v) is 4.49. The zero-order chi connectivity index (χ0) is 21.5. The molecule has 0 radical (unpaired) electrons. The molecule has 5 rings (SSSR count). The van der Waals surface area contributed by atoms with Crippen molar-refractivity contribution < 1.29 is 14.3 Å². The van der Waals surface area contributed by atoms with Gasteiger partial charge in [0.1, 0.15) is 12.4 Å². The summed E-state index contributed by atoms with van der Waals surface area (Å²) in [6.07, 6.45) is 4.11. The van der Waals surface area contributed by atoms with Crippen molar-refractivity contribution in [2.45, 2.75) is 38.6 Å². The van der Waals surface area contributed by atoms with Crippen molar-refractivity contribution in [1.29, 1.82) is 0 Å². The number of cyclic esters (lactones) is 1. The standard InChI is InChI=1S/C24H28N4O3.ClH/c1-16-13-21(18-3-4-18)22(25-14-16)26-9-11-27(12-10-26)23(29)19-5-7-20(8-6-19)28-17(2)15-31-24(28)30;/h5-8,13-14,17-18H,3-4,9-12,15H2,1-2H3;1H/t17-;/m1./s1. The highest BCUT2D eigenvalue weighted by molar-refractivity contribution is 5.96. The van der Waals surface area contributed by atoms with Crippen molar-refractivity contribution in [2.75, 3.05) is 42.6 Å². The van der Waals surface area contributed by atoms with E-state index in [4.69, 9.17) is 9.72 Å². The first-order chi connectivity index (χ1) is 15.0. The summed E-state index contributed by atoms with van der Waals surface area (Å²) in [4.78, 5) is 35.5. The summed E-state index contributed by atoms with van der Waals surface area (Å²) in [5, 5.41) is 0. The minimum absolute atomic E-state index is 0. The van der Waals surface area contributed by atoms with Gasteiger partial charge in [0.2, 0.25) is 0 Å². The monoisotopic (exact) mass is 456 g/mol. The lowest BCUT2D eigenvalue weighted by molar-refractivity contribution is 0.0746. The molecule has 8 heteroatoms. The maximum Gasteiger partial charge on any atom is 0.414 e. The van der Waals surface area contributed by atoms with Gasteiger partial charge in [-0.1, -0.05) is 6.07 Å². The molecule has 1 aliphatic carbocycles. The average Bonchev–Trinajstić information content (AvgIpc) is 3.58. The van der Waals surface area contributed by atoms with Gasteiger partial charge < -0.3 is 14.5 Å². The van der Waals surface area contributed by atoms with Crippen LogP contribution in [0.5, 0.6) is 0 Å². The van der Waals surface area contributed by atoms with E-state index in [2.05, 4.69) is 17.9 Å². The molecular weight excluding hydrogens is 428 g/mol. The molecule has 0 spiro atoms. The van der Waals surface area contributed by atoms with Crippen LogP contribution in [0.1, 0.15) is 47.2 Å². The van der Waals surface area contributed by atoms with E-state index in [1.807, 2.05) is 30.2 Å². The second kappa shape index (κ2) is 8.98. The van der Waals surface area contributed by atoms with Crippen LogP contribution >= 0.6 is 12.4 Å². The normalized spacial score (nSPS) is 20.8. The third-order valence-corrected chi connectivity index (χ3v) is 6.39. The van der Waals surface area contributed by atoms with Crippen molar-refractivity contribution in [2.24, 2.45) is 0 Å². The number of hydrogen-bond donors (Lipinski definition) is 0. The maximum atomic E-state index is 13.0. The molecule has 2 amide bonds. The number of piperazine rings is 1. The molecule has 2 saturated heterocycles. The zero-order valence-corrected chi connectivity index (χ0v) is 19.3. The Morgan fingerprint density at radius 3 is 2.38 bits per heavy atom. The number of carbonyl (C=O) groups is 2. The molecule has 7 nitrogen and oxygen atoms in total. The number of rotatable bonds is 4. The highest BCUT2D eigenvalue weighted by Gasteiger charge is 2.32. The molecule has 170 valence electrons. The molecule has 0 bridgehead atoms. The van der Waals surface area contributed by atoms with Crippen molar-refractivity contribution >= 4 is 35.9 Å². The molecule has 0 N–H and O–H groups in total. The molecule has 1 aromatic heterocycles. The molecule has 3 fully saturated rings. The van der Waals surface area contributed by atoms with Crippen molar-refractivity contribution in [3.8, 4) is 0 Å². The van der Waals surface area contributed by atoms with Crippen molar-refractivity contribution in [3.63, 3.8) is 0 Å². The quantitative estimate of drug-likeness (QED) is 0.695. The molecule has 0 unspecified atom stereocenters. The molecule has 1 atom stereocenters. The molecule has 3 aliphatic rings. The van der Waals surface area contributed by atoms with E-state index >= 15 is 0 Å². The first-order valence-corrected chi connectivity index (χ1v) is 11.1. The minimum Gasteiger partial charge on any atom is -0.447 e. The Hall–Kier alpha value is -2.80. The second-order valence-corrected chi connectivity index (χ2v) is 8.82. The van der Waals surface area contributed by atoms with Crippen LogP contribution in [0.3, 0.4) is 0 Å². The fraction of sp³-hybridized carbons (Fsp3) is 0.458. The number of aromatic nitrogens is 1. The van der Waals surface area contributed by atoms with Crippen molar-refractivity contribution in [3.05, 3.63) is 53.2 Å². The summed E-state index contributed by atoms with van der Waals surface area (Å²) in [7, 11) is 0. The van der Waals surface area contributed by atoms with Gasteiger partial charge in [-0.05, 0) is 68.0 Å². The van der Waals surface area contributed by atoms with Crippen LogP contribution in [0.4, 0.5) is 16.3 Å². The van der Waals surface area contributed by atoms with E-state index in [-0.39, 0.29) is 30.4 Å². The highest BCUT2D eigenvalue weighted by atomic mass is 35.5. The van der Waals surface area contributed by atoms with Crippen LogP contribution < -0.4 is 9.80 Å². The third kappa shape index (κ3) is 4.26. The van der Waals surface area contributed by atoms with Gasteiger partial charge >= 0.3 is 6.09 Å². The largest absolute Gasteiger partial charge is 0.447 e. The topological polar surface area (TPSA) is 66.0 Å². The van der Waals surface area contributed by atoms with E-state index < -0.39 is 0 Å². The maximum absolute atomic E-state index is 13.0. The smallest absolute Gasteiger partial charge is 0.414 e. The first kappa shape index (κ1) is 22.4. The summed E-state index contributed by atoms with van der Waals surface area (Å²) >= 11 is 0. The van der Waals surface area contributed by atoms with Gasteiger partial charge in [0.25, 0.3) is 5.91 Å². The number of halogens is 1. The summed E-state index contributed by atoms with van der Waals surface area (Å²) in [6, 6.07) is 9.52. The van der Waals surface area contributed by atoms with Crippen LogP contribution in [-0.4, -0.2) is 60.7 Å². The molecule has 3 heterocycles. The zero-order valence-electron chi connectivity index (χ0n) is 18.5. The van der Waals surface area contributed by atoms with E-state index in [1.165, 1.54) is 24.0 Å². The number of nitrogens with zero attached hydrogens (tertiary/aromatic N) is 4. The van der Waals surface area contributed by atoms with E-state index in [0.717, 1.165) is 24.6 Å². The predicted molar refractivity (Wildman–Crippen MR) is 126 cm³/mol. The Kier molecular flexibility index (Phi) is 6.29. The summed E-state index contributed by atoms with van der Waals surface area (Å²) < 4.78 is 5.09. The van der Waals surface area contributed by atoms with Gasteiger partial charge in [-0.2, -0.15) is 0 Å². The number of aryl methyl sites for hydroxylation is 1. The Morgan fingerprint density at radius 2 is 1.78 bits per heavy atom. The Balaban J connectivity index is 0.00000245. The van der Waals surface area contributed by atoms with Gasteiger partial charge in [-0.3, -0.25) is 9.69 Å². The Labute approximate surface area is 194 Å². The molecule has 1 saturated carbocycles. The van der Waals surface area contributed by atoms with Crippen LogP contribution in [0, 0.1) is 6.92 Å². The summed E-state index contributed by atoms with van der Waals surface area (Å²) in [6.45, 7) is 7.36. The van der Waals surface area contributed by atoms with E-state index in [9.17, 15) is 9.59 Å². The minimum atomic E-state index is -0.335. The average molecular weight is 457 g/mol. The molecule has 2 aromatic rings. The lowest BCUT2D eigenvalue weighted by Gasteiger charge is -2.36. The third-order valence-electron chi connectivity index (χ3n) is 6.39. The molecule has 2 aliphatic heterocycles. The molecular formula is C24H29ClN4O3. The van der Waals surface area contributed by atoms with Crippen LogP contribution in [0.2, 0.25) is 0 Å².